The second-order valence-electron chi connectivity index (χ2n) is 4.28. The summed E-state index contributed by atoms with van der Waals surface area (Å²) in [5.74, 6) is -0.733. The molecule has 5 nitrogen and oxygen atoms in total. The molecule has 1 unspecified atom stereocenters. The Morgan fingerprint density at radius 2 is 2.47 bits per heavy atom. The number of nitrogens with zero attached hydrogens (tertiary/aromatic N) is 1. The van der Waals surface area contributed by atoms with E-state index in [1.54, 1.807) is 0 Å². The molecule has 2 N–H and O–H groups in total. The van der Waals surface area contributed by atoms with E-state index in [9.17, 15) is 9.18 Å². The van der Waals surface area contributed by atoms with E-state index in [4.69, 9.17) is 10.00 Å². The van der Waals surface area contributed by atoms with Crippen molar-refractivity contribution in [3.05, 3.63) is 29.6 Å². The Balaban J connectivity index is 1.97. The summed E-state index contributed by atoms with van der Waals surface area (Å²) in [5, 5.41) is 14.7. The first kappa shape index (κ1) is 13.5. The fourth-order valence-corrected chi connectivity index (χ4v) is 1.89. The van der Waals surface area contributed by atoms with E-state index in [1.165, 1.54) is 12.1 Å². The number of morpholine rings is 1. The van der Waals surface area contributed by atoms with Gasteiger partial charge in [-0.1, -0.05) is 0 Å². The average Bonchev–Trinajstić information content (AvgIpc) is 2.42. The molecule has 1 aromatic carbocycles. The normalized spacial score (nSPS) is 18.6. The fourth-order valence-electron chi connectivity index (χ4n) is 1.89. The minimum absolute atomic E-state index is 0.0280. The van der Waals surface area contributed by atoms with Crippen LogP contribution in [0.1, 0.15) is 12.0 Å². The highest BCUT2D eigenvalue weighted by molar-refractivity contribution is 5.92. The van der Waals surface area contributed by atoms with E-state index < -0.39 is 5.82 Å². The van der Waals surface area contributed by atoms with Gasteiger partial charge >= 0.3 is 0 Å². The molecule has 6 heteroatoms. The molecule has 1 amide bonds. The maximum Gasteiger partial charge on any atom is 0.226 e. The Labute approximate surface area is 110 Å². The lowest BCUT2D eigenvalue weighted by Gasteiger charge is -2.23. The number of nitrogens with one attached hydrogen (secondary N) is 2. The Morgan fingerprint density at radius 1 is 1.63 bits per heavy atom. The van der Waals surface area contributed by atoms with Crippen molar-refractivity contribution in [2.75, 3.05) is 25.1 Å². The maximum atomic E-state index is 13.0. The number of anilines is 1. The van der Waals surface area contributed by atoms with Crippen LogP contribution in [0.3, 0.4) is 0 Å². The first-order valence-corrected chi connectivity index (χ1v) is 5.99. The minimum atomic E-state index is -0.503. The van der Waals surface area contributed by atoms with E-state index in [0.717, 1.165) is 12.6 Å². The van der Waals surface area contributed by atoms with Crippen LogP contribution in [0.2, 0.25) is 0 Å². The van der Waals surface area contributed by atoms with Crippen molar-refractivity contribution in [3.63, 3.8) is 0 Å². The minimum Gasteiger partial charge on any atom is -0.378 e. The lowest BCUT2D eigenvalue weighted by atomic mass is 10.1. The molecule has 0 bridgehead atoms. The van der Waals surface area contributed by atoms with Crippen LogP contribution in [0.5, 0.6) is 0 Å². The molecule has 2 rings (SSSR count). The SMILES string of the molecule is N#Cc1cc(F)ccc1NC(=O)CC1COCCN1. The van der Waals surface area contributed by atoms with Gasteiger partial charge in [-0.2, -0.15) is 5.26 Å². The first-order chi connectivity index (χ1) is 9.19. The third-order valence-electron chi connectivity index (χ3n) is 2.81. The molecule has 1 heterocycles. The third-order valence-corrected chi connectivity index (χ3v) is 2.81. The molecule has 1 saturated heterocycles. The first-order valence-electron chi connectivity index (χ1n) is 5.99. The van der Waals surface area contributed by atoms with Crippen LogP contribution in [0, 0.1) is 17.1 Å². The number of ether oxygens (including phenoxy) is 1. The van der Waals surface area contributed by atoms with Crippen molar-refractivity contribution >= 4 is 11.6 Å². The number of carbonyl (C=O) groups is 1. The number of benzene rings is 1. The highest BCUT2D eigenvalue weighted by Crippen LogP contribution is 2.16. The molecule has 19 heavy (non-hydrogen) atoms. The summed E-state index contributed by atoms with van der Waals surface area (Å²) >= 11 is 0. The predicted octanol–water partition coefficient (Wildman–Crippen LogP) is 1.01. The number of rotatable bonds is 3. The van der Waals surface area contributed by atoms with Gasteiger partial charge in [0.1, 0.15) is 11.9 Å². The monoisotopic (exact) mass is 263 g/mol. The van der Waals surface area contributed by atoms with Crippen molar-refractivity contribution in [2.45, 2.75) is 12.5 Å². The number of nitriles is 1. The highest BCUT2D eigenvalue weighted by atomic mass is 19.1. The molecule has 1 fully saturated rings. The molecular formula is C13H14FN3O2. The molecule has 1 aromatic rings. The van der Waals surface area contributed by atoms with Gasteiger partial charge in [-0.15, -0.1) is 0 Å². The summed E-state index contributed by atoms with van der Waals surface area (Å²) < 4.78 is 18.2. The summed E-state index contributed by atoms with van der Waals surface area (Å²) in [6, 6.07) is 5.51. The Kier molecular flexibility index (Phi) is 4.44. The predicted molar refractivity (Wildman–Crippen MR) is 67.0 cm³/mol. The topological polar surface area (TPSA) is 74.2 Å². The van der Waals surface area contributed by atoms with Gasteiger partial charge in [0, 0.05) is 19.0 Å². The van der Waals surface area contributed by atoms with E-state index in [-0.39, 0.29) is 23.9 Å². The van der Waals surface area contributed by atoms with Gasteiger partial charge in [0.15, 0.2) is 0 Å². The molecule has 0 spiro atoms. The van der Waals surface area contributed by atoms with Crippen LogP contribution in [-0.4, -0.2) is 31.7 Å². The van der Waals surface area contributed by atoms with Crippen LogP contribution in [-0.2, 0) is 9.53 Å². The zero-order valence-electron chi connectivity index (χ0n) is 10.3. The Hall–Kier alpha value is -1.97. The van der Waals surface area contributed by atoms with Crippen molar-refractivity contribution in [1.29, 1.82) is 5.26 Å². The van der Waals surface area contributed by atoms with Gasteiger partial charge in [-0.05, 0) is 18.2 Å². The molecule has 1 atom stereocenters. The second-order valence-corrected chi connectivity index (χ2v) is 4.28. The molecular weight excluding hydrogens is 249 g/mol. The summed E-state index contributed by atoms with van der Waals surface area (Å²) in [7, 11) is 0. The molecule has 0 aliphatic carbocycles. The van der Waals surface area contributed by atoms with Crippen molar-refractivity contribution < 1.29 is 13.9 Å². The average molecular weight is 263 g/mol. The van der Waals surface area contributed by atoms with Gasteiger partial charge in [-0.25, -0.2) is 4.39 Å². The molecule has 1 aliphatic rings. The van der Waals surface area contributed by atoms with Crippen molar-refractivity contribution in [2.24, 2.45) is 0 Å². The number of hydrogen-bond donors (Lipinski definition) is 2. The van der Waals surface area contributed by atoms with Gasteiger partial charge in [-0.3, -0.25) is 4.79 Å². The lowest BCUT2D eigenvalue weighted by Crippen LogP contribution is -2.43. The van der Waals surface area contributed by atoms with Crippen molar-refractivity contribution in [1.82, 2.24) is 5.32 Å². The molecule has 100 valence electrons. The zero-order chi connectivity index (χ0) is 13.7. The van der Waals surface area contributed by atoms with Crippen LogP contribution in [0.15, 0.2) is 18.2 Å². The molecule has 1 aliphatic heterocycles. The summed E-state index contributed by atoms with van der Waals surface area (Å²) in [5.41, 5.74) is 0.437. The van der Waals surface area contributed by atoms with Crippen LogP contribution in [0.4, 0.5) is 10.1 Å². The van der Waals surface area contributed by atoms with Crippen LogP contribution in [0.25, 0.3) is 0 Å². The van der Waals surface area contributed by atoms with Crippen LogP contribution < -0.4 is 10.6 Å². The van der Waals surface area contributed by atoms with E-state index in [1.807, 2.05) is 6.07 Å². The number of carbonyl (C=O) groups excluding carboxylic acids is 1. The maximum absolute atomic E-state index is 13.0. The largest absolute Gasteiger partial charge is 0.378 e. The number of halogens is 1. The zero-order valence-corrected chi connectivity index (χ0v) is 10.3. The molecule has 0 aromatic heterocycles. The number of hydrogen-bond acceptors (Lipinski definition) is 4. The molecule has 0 radical (unpaired) electrons. The van der Waals surface area contributed by atoms with E-state index >= 15 is 0 Å². The van der Waals surface area contributed by atoms with E-state index in [2.05, 4.69) is 10.6 Å². The fraction of sp³-hybridized carbons (Fsp3) is 0.385. The standard InChI is InChI=1S/C13H14FN3O2/c14-10-1-2-12(9(5-10)7-15)17-13(18)6-11-8-19-4-3-16-11/h1-2,5,11,16H,3-4,6,8H2,(H,17,18). The smallest absolute Gasteiger partial charge is 0.226 e. The Bertz CT molecular complexity index is 507. The van der Waals surface area contributed by atoms with E-state index in [0.29, 0.717) is 18.9 Å². The summed E-state index contributed by atoms with van der Waals surface area (Å²) in [6.45, 7) is 1.86. The lowest BCUT2D eigenvalue weighted by molar-refractivity contribution is -0.117. The highest BCUT2D eigenvalue weighted by Gasteiger charge is 2.17. The molecule has 0 saturated carbocycles. The quantitative estimate of drug-likeness (QED) is 0.853. The Morgan fingerprint density at radius 3 is 3.16 bits per heavy atom. The van der Waals surface area contributed by atoms with Gasteiger partial charge in [0.05, 0.1) is 24.5 Å². The third kappa shape index (κ3) is 3.74. The van der Waals surface area contributed by atoms with Gasteiger partial charge in [0.2, 0.25) is 5.91 Å². The number of amides is 1. The second kappa shape index (κ2) is 6.27. The van der Waals surface area contributed by atoms with Gasteiger partial charge < -0.3 is 15.4 Å². The summed E-state index contributed by atoms with van der Waals surface area (Å²) in [6.07, 6.45) is 0.252. The van der Waals surface area contributed by atoms with Crippen molar-refractivity contribution in [3.8, 4) is 6.07 Å². The van der Waals surface area contributed by atoms with Gasteiger partial charge in [0.25, 0.3) is 0 Å². The van der Waals surface area contributed by atoms with Crippen LogP contribution >= 0.6 is 0 Å². The summed E-state index contributed by atoms with van der Waals surface area (Å²) in [4.78, 5) is 11.8.